The van der Waals surface area contributed by atoms with Crippen LogP contribution in [-0.4, -0.2) is 31.2 Å². The summed E-state index contributed by atoms with van der Waals surface area (Å²) in [5, 5.41) is 0. The Morgan fingerprint density at radius 3 is 2.27 bits per heavy atom. The van der Waals surface area contributed by atoms with Crippen molar-refractivity contribution in [3.05, 3.63) is 36.5 Å². The molecule has 0 radical (unpaired) electrons. The average Bonchev–Trinajstić information content (AvgIpc) is 2.15. The normalized spacial score (nSPS) is 20.4. The number of likely N-dealkylation sites (N-methyl/N-ethyl adjacent to an activating group) is 1. The van der Waals surface area contributed by atoms with E-state index in [4.69, 9.17) is 0 Å². The van der Waals surface area contributed by atoms with E-state index >= 15 is 0 Å². The Labute approximate surface area is 94.4 Å². The number of nitrogens with zero attached hydrogens (tertiary/aromatic N) is 1. The minimum Gasteiger partial charge on any atom is -0.322 e. The molecule has 15 heavy (non-hydrogen) atoms. The molecule has 1 heteroatoms. The van der Waals surface area contributed by atoms with Crippen LogP contribution in [0.3, 0.4) is 0 Å². The zero-order valence-corrected chi connectivity index (χ0v) is 10.3. The van der Waals surface area contributed by atoms with E-state index in [9.17, 15) is 0 Å². The van der Waals surface area contributed by atoms with E-state index in [1.54, 1.807) is 0 Å². The number of allylic oxidation sites excluding steroid dienone is 2. The van der Waals surface area contributed by atoms with Crippen LogP contribution < -0.4 is 0 Å². The number of hydrogen-bond donors (Lipinski definition) is 0. The van der Waals surface area contributed by atoms with Crippen molar-refractivity contribution in [2.45, 2.75) is 26.2 Å². The molecular weight excluding hydrogens is 182 g/mol. The van der Waals surface area contributed by atoms with E-state index in [0.717, 1.165) is 12.1 Å². The lowest BCUT2D eigenvalue weighted by molar-refractivity contribution is -0.909. The third-order valence-electron chi connectivity index (χ3n) is 3.08. The molecular formula is C14H24N+. The van der Waals surface area contributed by atoms with Gasteiger partial charge in [0.15, 0.2) is 0 Å². The van der Waals surface area contributed by atoms with Crippen LogP contribution in [0, 0.1) is 0 Å². The molecule has 1 saturated heterocycles. The van der Waals surface area contributed by atoms with Crippen LogP contribution in [0.2, 0.25) is 0 Å². The van der Waals surface area contributed by atoms with Gasteiger partial charge in [-0.05, 0) is 31.8 Å². The van der Waals surface area contributed by atoms with Gasteiger partial charge in [-0.1, -0.05) is 30.9 Å². The van der Waals surface area contributed by atoms with Gasteiger partial charge in [0.25, 0.3) is 0 Å². The number of rotatable bonds is 4. The summed E-state index contributed by atoms with van der Waals surface area (Å²) in [6.45, 7) is 13.7. The van der Waals surface area contributed by atoms with Gasteiger partial charge in [-0.15, -0.1) is 0 Å². The molecule has 1 fully saturated rings. The van der Waals surface area contributed by atoms with Crippen LogP contribution >= 0.6 is 0 Å². The van der Waals surface area contributed by atoms with Crippen LogP contribution in [0.25, 0.3) is 0 Å². The summed E-state index contributed by atoms with van der Waals surface area (Å²) in [5.74, 6) is 0. The zero-order valence-electron chi connectivity index (χ0n) is 10.3. The van der Waals surface area contributed by atoms with Gasteiger partial charge in [0.05, 0.1) is 20.1 Å². The molecule has 0 N–H and O–H groups in total. The first-order chi connectivity index (χ1) is 7.02. The molecule has 0 aromatic carbocycles. The Bertz CT molecular complexity index is 267. The van der Waals surface area contributed by atoms with Crippen LogP contribution in [0.5, 0.6) is 0 Å². The van der Waals surface area contributed by atoms with E-state index in [1.807, 2.05) is 6.92 Å². The second-order valence-corrected chi connectivity index (χ2v) is 5.12. The van der Waals surface area contributed by atoms with Gasteiger partial charge in [0.1, 0.15) is 6.54 Å². The lowest BCUT2D eigenvalue weighted by atomic mass is 10.1. The fourth-order valence-electron chi connectivity index (χ4n) is 2.24. The highest BCUT2D eigenvalue weighted by Gasteiger charge is 2.24. The summed E-state index contributed by atoms with van der Waals surface area (Å²) >= 11 is 0. The van der Waals surface area contributed by atoms with Crippen molar-refractivity contribution in [2.75, 3.05) is 26.7 Å². The fourth-order valence-corrected chi connectivity index (χ4v) is 2.24. The summed E-state index contributed by atoms with van der Waals surface area (Å²) in [7, 11) is 2.35. The SMILES string of the molecule is C=C(C)/C=C\C(=C)C[N+]1(C)CCCCC1. The van der Waals surface area contributed by atoms with Crippen LogP contribution in [-0.2, 0) is 0 Å². The van der Waals surface area contributed by atoms with Gasteiger partial charge in [-0.2, -0.15) is 0 Å². The summed E-state index contributed by atoms with van der Waals surface area (Å²) < 4.78 is 1.17. The van der Waals surface area contributed by atoms with Crippen molar-refractivity contribution in [1.29, 1.82) is 0 Å². The lowest BCUT2D eigenvalue weighted by Gasteiger charge is -2.38. The highest BCUT2D eigenvalue weighted by Crippen LogP contribution is 2.18. The first kappa shape index (κ1) is 12.3. The maximum Gasteiger partial charge on any atom is 0.104 e. The quantitative estimate of drug-likeness (QED) is 0.489. The van der Waals surface area contributed by atoms with E-state index in [0.29, 0.717) is 0 Å². The molecule has 84 valence electrons. The molecule has 0 aromatic rings. The summed E-state index contributed by atoms with van der Waals surface area (Å²) in [6, 6.07) is 0. The van der Waals surface area contributed by atoms with Crippen molar-refractivity contribution in [3.8, 4) is 0 Å². The molecule has 0 amide bonds. The van der Waals surface area contributed by atoms with E-state index in [2.05, 4.69) is 32.4 Å². The molecule has 0 spiro atoms. The largest absolute Gasteiger partial charge is 0.322 e. The second kappa shape index (κ2) is 5.32. The van der Waals surface area contributed by atoms with Gasteiger partial charge in [-0.3, -0.25) is 0 Å². The molecule has 0 aromatic heterocycles. The maximum atomic E-state index is 4.12. The zero-order chi connectivity index (χ0) is 11.3. The van der Waals surface area contributed by atoms with Gasteiger partial charge < -0.3 is 4.48 Å². The third kappa shape index (κ3) is 4.48. The van der Waals surface area contributed by atoms with Gasteiger partial charge in [-0.25, -0.2) is 0 Å². The average molecular weight is 206 g/mol. The van der Waals surface area contributed by atoms with Crippen molar-refractivity contribution < 1.29 is 4.48 Å². The molecule has 0 unspecified atom stereocenters. The first-order valence-electron chi connectivity index (χ1n) is 5.87. The monoisotopic (exact) mass is 206 g/mol. The number of piperidine rings is 1. The minimum atomic E-state index is 1.09. The minimum absolute atomic E-state index is 1.09. The molecule has 0 bridgehead atoms. The summed E-state index contributed by atoms with van der Waals surface area (Å²) in [6.07, 6.45) is 8.31. The Morgan fingerprint density at radius 2 is 1.73 bits per heavy atom. The third-order valence-corrected chi connectivity index (χ3v) is 3.08. The molecule has 0 atom stereocenters. The van der Waals surface area contributed by atoms with E-state index < -0.39 is 0 Å². The number of likely N-dealkylation sites (tertiary alicyclic amines) is 1. The molecule has 1 aliphatic rings. The maximum absolute atomic E-state index is 4.12. The second-order valence-electron chi connectivity index (χ2n) is 5.12. The Balaban J connectivity index is 2.45. The summed E-state index contributed by atoms with van der Waals surface area (Å²) in [5.41, 5.74) is 2.32. The van der Waals surface area contributed by atoms with E-state index in [1.165, 1.54) is 42.4 Å². The molecule has 1 heterocycles. The standard InChI is InChI=1S/C14H24N/c1-13(2)8-9-14(3)12-15(4)10-6-5-7-11-15/h8-9H,1,3,5-7,10-12H2,2,4H3/q+1/b9-8-. The van der Waals surface area contributed by atoms with Crippen LogP contribution in [0.1, 0.15) is 26.2 Å². The van der Waals surface area contributed by atoms with Crippen molar-refractivity contribution >= 4 is 0 Å². The van der Waals surface area contributed by atoms with Crippen molar-refractivity contribution in [3.63, 3.8) is 0 Å². The predicted octanol–water partition coefficient (Wildman–Crippen LogP) is 3.31. The predicted molar refractivity (Wildman–Crippen MR) is 67.7 cm³/mol. The topological polar surface area (TPSA) is 0 Å². The molecule has 1 rings (SSSR count). The molecule has 1 nitrogen and oxygen atoms in total. The highest BCUT2D eigenvalue weighted by atomic mass is 15.3. The number of quaternary nitrogens is 1. The van der Waals surface area contributed by atoms with Crippen molar-refractivity contribution in [1.82, 2.24) is 0 Å². The Morgan fingerprint density at radius 1 is 1.13 bits per heavy atom. The van der Waals surface area contributed by atoms with Gasteiger partial charge in [0, 0.05) is 0 Å². The molecule has 0 aliphatic carbocycles. The molecule has 1 aliphatic heterocycles. The van der Waals surface area contributed by atoms with Crippen LogP contribution in [0.15, 0.2) is 36.5 Å². The lowest BCUT2D eigenvalue weighted by Crippen LogP contribution is -2.48. The Kier molecular flexibility index (Phi) is 4.34. The first-order valence-corrected chi connectivity index (χ1v) is 5.87. The van der Waals surface area contributed by atoms with Crippen molar-refractivity contribution in [2.24, 2.45) is 0 Å². The highest BCUT2D eigenvalue weighted by molar-refractivity contribution is 5.23. The van der Waals surface area contributed by atoms with Gasteiger partial charge in [0.2, 0.25) is 0 Å². The van der Waals surface area contributed by atoms with E-state index in [-0.39, 0.29) is 0 Å². The Hall–Kier alpha value is -0.820. The number of hydrogen-bond acceptors (Lipinski definition) is 0. The fraction of sp³-hybridized carbons (Fsp3) is 0.571. The molecule has 0 saturated carbocycles. The van der Waals surface area contributed by atoms with Gasteiger partial charge >= 0.3 is 0 Å². The van der Waals surface area contributed by atoms with Crippen LogP contribution in [0.4, 0.5) is 0 Å². The summed E-state index contributed by atoms with van der Waals surface area (Å²) in [4.78, 5) is 0. The smallest absolute Gasteiger partial charge is 0.104 e.